The number of ether oxygens (including phenoxy) is 5. The van der Waals surface area contributed by atoms with E-state index < -0.39 is 93.8 Å². The number of carbonyl (C=O) groups is 9. The normalized spacial score (nSPS) is 13.0. The van der Waals surface area contributed by atoms with E-state index in [1.54, 1.807) is 100 Å². The number of nitrogens with one attached hydrogen (secondary N) is 6. The first-order valence-corrected chi connectivity index (χ1v) is 27.2. The lowest BCUT2D eigenvalue weighted by atomic mass is 10.0. The van der Waals surface area contributed by atoms with Crippen molar-refractivity contribution >= 4 is 65.2 Å². The average molecular weight is 1130 g/mol. The molecular weight excluding hydrogens is 1040 g/mol. The van der Waals surface area contributed by atoms with Crippen molar-refractivity contribution in [3.63, 3.8) is 0 Å². The van der Waals surface area contributed by atoms with Crippen LogP contribution in [0.4, 0.5) is 25.8 Å². The van der Waals surface area contributed by atoms with Gasteiger partial charge in [-0.2, -0.15) is 0 Å². The quantitative estimate of drug-likeness (QED) is 0.00909. The highest BCUT2D eigenvalue weighted by molar-refractivity contribution is 5.98. The van der Waals surface area contributed by atoms with Crippen molar-refractivity contribution in [2.24, 2.45) is 11.7 Å². The molecule has 0 saturated heterocycles. The molecule has 0 bridgehead atoms. The van der Waals surface area contributed by atoms with Crippen LogP contribution in [0, 0.1) is 16.0 Å². The maximum Gasteiger partial charge on any atom is 0.514 e. The number of hydrogen-bond donors (Lipinski definition) is 7. The molecule has 0 aromatic heterocycles. The molecule has 0 spiro atoms. The number of nitro groups is 1. The van der Waals surface area contributed by atoms with Crippen LogP contribution in [-0.4, -0.2) is 106 Å². The van der Waals surface area contributed by atoms with Gasteiger partial charge >= 0.3 is 36.1 Å². The minimum Gasteiger partial charge on any atom is -0.460 e. The van der Waals surface area contributed by atoms with Crippen molar-refractivity contribution < 1.29 is 71.8 Å². The van der Waals surface area contributed by atoms with Gasteiger partial charge in [-0.15, -0.1) is 0 Å². The van der Waals surface area contributed by atoms with E-state index in [0.717, 1.165) is 38.5 Å². The summed E-state index contributed by atoms with van der Waals surface area (Å²) in [7, 11) is 0. The van der Waals surface area contributed by atoms with E-state index in [2.05, 4.69) is 31.9 Å². The smallest absolute Gasteiger partial charge is 0.460 e. The Kier molecular flexibility index (Phi) is 29.0. The van der Waals surface area contributed by atoms with E-state index in [9.17, 15) is 53.3 Å². The summed E-state index contributed by atoms with van der Waals surface area (Å²) in [5, 5.41) is 26.9. The van der Waals surface area contributed by atoms with Gasteiger partial charge in [0.2, 0.25) is 17.7 Å². The molecule has 0 heterocycles. The summed E-state index contributed by atoms with van der Waals surface area (Å²) in [5.41, 5.74) is 3.51. The number of rotatable bonds is 32. The van der Waals surface area contributed by atoms with Crippen molar-refractivity contribution in [3.8, 4) is 5.75 Å². The van der Waals surface area contributed by atoms with E-state index in [1.807, 2.05) is 0 Å². The van der Waals surface area contributed by atoms with E-state index in [4.69, 9.17) is 29.4 Å². The predicted molar refractivity (Wildman–Crippen MR) is 297 cm³/mol. The molecule has 0 aliphatic rings. The molecule has 2 rings (SSSR count). The van der Waals surface area contributed by atoms with Gasteiger partial charge in [-0.05, 0) is 130 Å². The first-order chi connectivity index (χ1) is 37.3. The Bertz CT molecular complexity index is 2360. The number of amides is 7. The summed E-state index contributed by atoms with van der Waals surface area (Å²) in [6, 6.07) is 5.41. The van der Waals surface area contributed by atoms with E-state index in [-0.39, 0.29) is 74.9 Å². The molecule has 4 atom stereocenters. The molecule has 8 N–H and O–H groups in total. The number of nitrogens with zero attached hydrogens (tertiary/aromatic N) is 1. The highest BCUT2D eigenvalue weighted by Crippen LogP contribution is 2.20. The van der Waals surface area contributed by atoms with Gasteiger partial charge in [0, 0.05) is 37.2 Å². The number of nitrogens with two attached hydrogens (primary N) is 1. The Morgan fingerprint density at radius 2 is 1.10 bits per heavy atom. The minimum atomic E-state index is -1.20. The Labute approximate surface area is 469 Å². The number of unbranched alkanes of at least 4 members (excludes halogenated alkanes) is 7. The first kappa shape index (κ1) is 68.6. The molecule has 0 saturated carbocycles. The SMILES string of the molecule is CC(C)[C@H](NC(=O)CCCCCCCCCC[C@H](NC(=O)N[C@@H](CCC(=O)OC(C)(C)C)C(=O)OC(C)(C)C)C(=O)OC(C)(C)C)C(=O)N[C@@H](CCCNC(N)=O)C(=O)Nc1ccc(COC(=O)Oc2ccc([N+](=O)[O-])cc2)cc1. The average Bonchev–Trinajstić information content (AvgIpc) is 3.33. The van der Waals surface area contributed by atoms with Gasteiger partial charge in [0.05, 0.1) is 4.92 Å². The van der Waals surface area contributed by atoms with Gasteiger partial charge in [0.15, 0.2) is 0 Å². The molecule has 24 heteroatoms. The standard InChI is InChI=1S/C56H86N8O16/c1-36(2)46(48(68)60-41(22-20-34-58-51(57)71)47(67)59-38-26-24-37(25-27-38)35-76-53(73)77-40-30-28-39(29-31-40)64(74)75)63-44(65)23-19-17-15-13-12-14-16-18-21-42(49(69)79-55(6,7)8)61-52(72)62-43(50(70)80-56(9,10)11)32-33-45(66)78-54(3,4)5/h24-31,36,41-43,46H,12-23,32-35H2,1-11H3,(H,59,67)(H,60,68)(H,63,65)(H3,57,58,71)(H2,61,62,72)/t41-,42-,43-,46-/m0/s1. The lowest BCUT2D eigenvalue weighted by Gasteiger charge is -2.27. The number of non-ortho nitro benzene ring substituents is 1. The third kappa shape index (κ3) is 30.6. The monoisotopic (exact) mass is 1130 g/mol. The first-order valence-electron chi connectivity index (χ1n) is 27.2. The molecule has 2 aromatic rings. The summed E-state index contributed by atoms with van der Waals surface area (Å²) in [6.45, 7) is 18.9. The van der Waals surface area contributed by atoms with E-state index in [1.165, 1.54) is 24.3 Å². The highest BCUT2D eigenvalue weighted by atomic mass is 16.7. The fourth-order valence-corrected chi connectivity index (χ4v) is 7.60. The number of primary amides is 1. The number of carbonyl (C=O) groups excluding carboxylic acids is 9. The summed E-state index contributed by atoms with van der Waals surface area (Å²) >= 11 is 0. The minimum absolute atomic E-state index is 0.0535. The maximum absolute atomic E-state index is 13.7. The molecule has 80 heavy (non-hydrogen) atoms. The third-order valence-electron chi connectivity index (χ3n) is 11.4. The summed E-state index contributed by atoms with van der Waals surface area (Å²) < 4.78 is 26.6. The van der Waals surface area contributed by atoms with Crippen LogP contribution >= 0.6 is 0 Å². The van der Waals surface area contributed by atoms with Crippen LogP contribution in [0.5, 0.6) is 5.75 Å². The Hall–Kier alpha value is -7.53. The van der Waals surface area contributed by atoms with Gasteiger partial charge in [0.25, 0.3) is 5.69 Å². The van der Waals surface area contributed by atoms with Crippen molar-refractivity contribution in [1.29, 1.82) is 0 Å². The molecule has 0 aliphatic carbocycles. The molecular formula is C56H86N8O16. The van der Waals surface area contributed by atoms with Crippen LogP contribution in [0.15, 0.2) is 48.5 Å². The third-order valence-corrected chi connectivity index (χ3v) is 11.4. The second-order valence-electron chi connectivity index (χ2n) is 22.6. The largest absolute Gasteiger partial charge is 0.514 e. The van der Waals surface area contributed by atoms with Crippen LogP contribution in [0.25, 0.3) is 0 Å². The number of esters is 3. The molecule has 0 aliphatic heterocycles. The lowest BCUT2D eigenvalue weighted by molar-refractivity contribution is -0.384. The van der Waals surface area contributed by atoms with E-state index >= 15 is 0 Å². The zero-order chi connectivity index (χ0) is 60.2. The molecule has 0 unspecified atom stereocenters. The Balaban J connectivity index is 1.88. The van der Waals surface area contributed by atoms with Crippen LogP contribution in [-0.2, 0) is 54.3 Å². The second-order valence-corrected chi connectivity index (χ2v) is 22.6. The number of nitro benzene ring substituents is 1. The van der Waals surface area contributed by atoms with Crippen molar-refractivity contribution in [2.75, 3.05) is 11.9 Å². The van der Waals surface area contributed by atoms with Crippen LogP contribution in [0.3, 0.4) is 0 Å². The molecule has 7 amide bonds. The molecule has 446 valence electrons. The van der Waals surface area contributed by atoms with Crippen molar-refractivity contribution in [2.45, 2.75) is 214 Å². The Morgan fingerprint density at radius 1 is 0.588 bits per heavy atom. The summed E-state index contributed by atoms with van der Waals surface area (Å²) in [5.74, 6) is -3.66. The van der Waals surface area contributed by atoms with Crippen molar-refractivity contribution in [3.05, 3.63) is 64.2 Å². The van der Waals surface area contributed by atoms with E-state index in [0.29, 0.717) is 24.1 Å². The highest BCUT2D eigenvalue weighted by Gasteiger charge is 2.32. The zero-order valence-electron chi connectivity index (χ0n) is 48.4. The topological polar surface area (TPSA) is 341 Å². The molecule has 24 nitrogen and oxygen atoms in total. The maximum atomic E-state index is 13.7. The van der Waals surface area contributed by atoms with Gasteiger partial charge < -0.3 is 61.3 Å². The Morgan fingerprint density at radius 3 is 1.61 bits per heavy atom. The van der Waals surface area contributed by atoms with Crippen LogP contribution < -0.4 is 42.4 Å². The summed E-state index contributed by atoms with van der Waals surface area (Å²) in [4.78, 5) is 126. The number of hydrogen-bond acceptors (Lipinski definition) is 16. The fraction of sp³-hybridized carbons (Fsp3) is 0.625. The van der Waals surface area contributed by atoms with Crippen molar-refractivity contribution in [1.82, 2.24) is 26.6 Å². The number of benzene rings is 2. The number of anilines is 1. The molecule has 2 aromatic carbocycles. The van der Waals surface area contributed by atoms with Gasteiger partial charge in [-0.25, -0.2) is 24.0 Å². The lowest BCUT2D eigenvalue weighted by Crippen LogP contribution is -2.54. The van der Waals surface area contributed by atoms with Crippen LogP contribution in [0.2, 0.25) is 0 Å². The summed E-state index contributed by atoms with van der Waals surface area (Å²) in [6.07, 6.45) is 5.74. The predicted octanol–water partition coefficient (Wildman–Crippen LogP) is 8.07. The molecule has 0 radical (unpaired) electrons. The van der Waals surface area contributed by atoms with Gasteiger partial charge in [0.1, 0.15) is 53.3 Å². The van der Waals surface area contributed by atoms with Gasteiger partial charge in [-0.1, -0.05) is 70.9 Å². The second kappa shape index (κ2) is 33.8. The van der Waals surface area contributed by atoms with Gasteiger partial charge in [-0.3, -0.25) is 29.3 Å². The fourth-order valence-electron chi connectivity index (χ4n) is 7.60. The van der Waals surface area contributed by atoms with Crippen LogP contribution in [0.1, 0.15) is 172 Å². The zero-order valence-corrected chi connectivity index (χ0v) is 48.4. The molecule has 0 fully saturated rings. The number of urea groups is 2.